The quantitative estimate of drug-likeness (QED) is 0.420. The van der Waals surface area contributed by atoms with Crippen LogP contribution in [0.15, 0.2) is 35.5 Å². The predicted octanol–water partition coefficient (Wildman–Crippen LogP) is 9.14. The molecule has 6 atom stereocenters. The molecule has 3 rings (SSSR count). The Morgan fingerprint density at radius 3 is 2.59 bits per heavy atom. The summed E-state index contributed by atoms with van der Waals surface area (Å²) in [5.41, 5.74) is 5.25. The van der Waals surface area contributed by atoms with E-state index in [-0.39, 0.29) is 0 Å². The van der Waals surface area contributed by atoms with Gasteiger partial charge in [0.05, 0.1) is 0 Å². The van der Waals surface area contributed by atoms with Crippen molar-refractivity contribution in [3.05, 3.63) is 35.5 Å². The van der Waals surface area contributed by atoms with Gasteiger partial charge in [-0.25, -0.2) is 0 Å². The maximum absolute atomic E-state index is 4.43. The smallest absolute Gasteiger partial charge is 0.0143 e. The Bertz CT molecular complexity index is 632. The Morgan fingerprint density at radius 1 is 1.10 bits per heavy atom. The normalized spacial score (nSPS) is 39.3. The van der Waals surface area contributed by atoms with Crippen molar-refractivity contribution in [3.63, 3.8) is 0 Å². The van der Waals surface area contributed by atoms with Crippen LogP contribution in [-0.2, 0) is 0 Å². The minimum atomic E-state index is 0.546. The molecule has 0 bridgehead atoms. The van der Waals surface area contributed by atoms with Crippen LogP contribution in [0.25, 0.3) is 0 Å². The molecule has 3 saturated carbocycles. The zero-order chi connectivity index (χ0) is 21.2. The Morgan fingerprint density at radius 2 is 1.86 bits per heavy atom. The first-order chi connectivity index (χ1) is 13.7. The van der Waals surface area contributed by atoms with Crippen LogP contribution in [0.5, 0.6) is 0 Å². The van der Waals surface area contributed by atoms with E-state index >= 15 is 0 Å². The molecule has 0 radical (unpaired) electrons. The fraction of sp³-hybridized carbons (Fsp3) is 0.793. The molecule has 164 valence electrons. The second-order valence-electron chi connectivity index (χ2n) is 11.8. The minimum absolute atomic E-state index is 0.546. The van der Waals surface area contributed by atoms with E-state index in [1.165, 1.54) is 75.4 Å². The van der Waals surface area contributed by atoms with Gasteiger partial charge in [-0.1, -0.05) is 85.1 Å². The highest BCUT2D eigenvalue weighted by Gasteiger charge is 2.50. The monoisotopic (exact) mass is 396 g/mol. The summed E-state index contributed by atoms with van der Waals surface area (Å²) < 4.78 is 0. The van der Waals surface area contributed by atoms with Crippen molar-refractivity contribution in [1.82, 2.24) is 0 Å². The lowest BCUT2D eigenvalue weighted by Crippen LogP contribution is -2.36. The number of hydrogen-bond acceptors (Lipinski definition) is 0. The van der Waals surface area contributed by atoms with Gasteiger partial charge in [-0.3, -0.25) is 0 Å². The number of fused-ring (bicyclic) bond motifs is 1. The van der Waals surface area contributed by atoms with Gasteiger partial charge in [-0.05, 0) is 97.0 Å². The molecule has 0 aromatic carbocycles. The van der Waals surface area contributed by atoms with Crippen molar-refractivity contribution in [1.29, 1.82) is 0 Å². The third kappa shape index (κ3) is 5.11. The van der Waals surface area contributed by atoms with E-state index in [0.29, 0.717) is 11.3 Å². The topological polar surface area (TPSA) is 0 Å². The van der Waals surface area contributed by atoms with Crippen molar-refractivity contribution >= 4 is 0 Å². The lowest BCUT2D eigenvalue weighted by molar-refractivity contribution is 0.0929. The average Bonchev–Trinajstić information content (AvgIpc) is 3.00. The Hall–Kier alpha value is -0.780. The fourth-order valence-electron chi connectivity index (χ4n) is 7.30. The van der Waals surface area contributed by atoms with E-state index in [9.17, 15) is 0 Å². The summed E-state index contributed by atoms with van der Waals surface area (Å²) in [6.07, 6.45) is 18.9. The summed E-state index contributed by atoms with van der Waals surface area (Å²) in [5.74, 6) is 4.97. The highest BCUT2D eigenvalue weighted by atomic mass is 14.5. The molecule has 0 heterocycles. The molecule has 3 fully saturated rings. The van der Waals surface area contributed by atoms with Crippen LogP contribution in [0.3, 0.4) is 0 Å². The van der Waals surface area contributed by atoms with Crippen LogP contribution in [0.2, 0.25) is 0 Å². The van der Waals surface area contributed by atoms with E-state index in [0.717, 1.165) is 29.6 Å². The van der Waals surface area contributed by atoms with Crippen molar-refractivity contribution in [3.8, 4) is 0 Å². The fourth-order valence-corrected chi connectivity index (χ4v) is 7.30. The van der Waals surface area contributed by atoms with E-state index in [4.69, 9.17) is 0 Å². The molecular formula is C29H48. The summed E-state index contributed by atoms with van der Waals surface area (Å²) >= 11 is 0. The number of allylic oxidation sites excluding steroid dienone is 5. The summed E-state index contributed by atoms with van der Waals surface area (Å²) in [4.78, 5) is 0. The highest BCUT2D eigenvalue weighted by molar-refractivity contribution is 5.37. The van der Waals surface area contributed by atoms with E-state index in [1.54, 1.807) is 5.57 Å². The molecule has 3 aliphatic carbocycles. The lowest BCUT2D eigenvalue weighted by atomic mass is 9.60. The predicted molar refractivity (Wildman–Crippen MR) is 129 cm³/mol. The van der Waals surface area contributed by atoms with Gasteiger partial charge < -0.3 is 0 Å². The third-order valence-electron chi connectivity index (χ3n) is 9.00. The highest BCUT2D eigenvalue weighted by Crippen LogP contribution is 2.60. The molecule has 0 spiro atoms. The van der Waals surface area contributed by atoms with Gasteiger partial charge in [0.15, 0.2) is 0 Å². The van der Waals surface area contributed by atoms with Crippen LogP contribution in [0.1, 0.15) is 106 Å². The SMILES string of the molecule is C=C1/C(=C\C=C2/CCC[C@]3(C)C([C@H](C)CCCC(C)C)CC[C@@H]23)C[C@@H](C)C[C@@H]1C. The van der Waals surface area contributed by atoms with E-state index < -0.39 is 0 Å². The molecular weight excluding hydrogens is 348 g/mol. The zero-order valence-corrected chi connectivity index (χ0v) is 20.4. The van der Waals surface area contributed by atoms with Gasteiger partial charge in [0.2, 0.25) is 0 Å². The molecule has 1 unspecified atom stereocenters. The molecule has 0 aromatic heterocycles. The molecule has 0 heteroatoms. The standard InChI is InChI=1S/C29H48/c1-20(2)10-8-11-22(4)27-15-16-28-25(12-9-17-29(27,28)7)13-14-26-19-21(3)18-23(5)24(26)6/h13-14,20-23,27-28H,6,8-12,15-19H2,1-5,7H3/b25-13+,26-14-/t21-,22+,23-,27?,28-,29+/m0/s1. The number of rotatable bonds is 6. The average molecular weight is 397 g/mol. The van der Waals surface area contributed by atoms with E-state index in [1.807, 2.05) is 0 Å². The molecule has 0 N–H and O–H groups in total. The molecule has 29 heavy (non-hydrogen) atoms. The zero-order valence-electron chi connectivity index (χ0n) is 20.4. The summed E-state index contributed by atoms with van der Waals surface area (Å²) in [7, 11) is 0. The van der Waals surface area contributed by atoms with Gasteiger partial charge in [-0.15, -0.1) is 0 Å². The third-order valence-corrected chi connectivity index (χ3v) is 9.00. The summed E-state index contributed by atoms with van der Waals surface area (Å²) in [6, 6.07) is 0. The van der Waals surface area contributed by atoms with E-state index in [2.05, 4.69) is 60.3 Å². The van der Waals surface area contributed by atoms with Crippen molar-refractivity contribution in [2.24, 2.45) is 40.9 Å². The Kier molecular flexibility index (Phi) is 7.56. The Labute approximate surface area is 182 Å². The molecule has 0 saturated heterocycles. The molecule has 3 aliphatic rings. The van der Waals surface area contributed by atoms with Gasteiger partial charge in [0, 0.05) is 0 Å². The number of hydrogen-bond donors (Lipinski definition) is 0. The molecule has 0 amide bonds. The van der Waals surface area contributed by atoms with Crippen LogP contribution < -0.4 is 0 Å². The van der Waals surface area contributed by atoms with Crippen LogP contribution in [0.4, 0.5) is 0 Å². The summed E-state index contributed by atoms with van der Waals surface area (Å²) in [6.45, 7) is 19.1. The molecule has 0 aliphatic heterocycles. The summed E-state index contributed by atoms with van der Waals surface area (Å²) in [5, 5.41) is 0. The van der Waals surface area contributed by atoms with Gasteiger partial charge in [-0.2, -0.15) is 0 Å². The van der Waals surface area contributed by atoms with Crippen molar-refractivity contribution < 1.29 is 0 Å². The van der Waals surface area contributed by atoms with Crippen LogP contribution in [0, 0.1) is 40.9 Å². The first kappa shape index (κ1) is 22.9. The van der Waals surface area contributed by atoms with Gasteiger partial charge in [0.25, 0.3) is 0 Å². The van der Waals surface area contributed by atoms with Crippen LogP contribution in [-0.4, -0.2) is 0 Å². The first-order valence-corrected chi connectivity index (χ1v) is 12.8. The van der Waals surface area contributed by atoms with Gasteiger partial charge >= 0.3 is 0 Å². The Balaban J connectivity index is 1.71. The van der Waals surface area contributed by atoms with Crippen molar-refractivity contribution in [2.45, 2.75) is 106 Å². The lowest BCUT2D eigenvalue weighted by Gasteiger charge is -2.44. The van der Waals surface area contributed by atoms with Crippen molar-refractivity contribution in [2.75, 3.05) is 0 Å². The second kappa shape index (κ2) is 9.57. The second-order valence-corrected chi connectivity index (χ2v) is 11.8. The molecule has 0 nitrogen and oxygen atoms in total. The van der Waals surface area contributed by atoms with Gasteiger partial charge in [0.1, 0.15) is 0 Å². The minimum Gasteiger partial charge on any atom is -0.0953 e. The van der Waals surface area contributed by atoms with Crippen LogP contribution >= 0.6 is 0 Å². The first-order valence-electron chi connectivity index (χ1n) is 12.8. The maximum Gasteiger partial charge on any atom is -0.0143 e. The largest absolute Gasteiger partial charge is 0.0953 e. The maximum atomic E-state index is 4.43. The molecule has 0 aromatic rings.